The maximum Gasteiger partial charge on any atom is 0.191 e. The van der Waals surface area contributed by atoms with Crippen LogP contribution in [0.5, 0.6) is 0 Å². The molecule has 1 aliphatic carbocycles. The van der Waals surface area contributed by atoms with Crippen LogP contribution in [0.2, 0.25) is 0 Å². The number of nitrogens with zero attached hydrogens (tertiary/aromatic N) is 2. The minimum atomic E-state index is -1.17. The molecule has 4 nitrogen and oxygen atoms in total. The summed E-state index contributed by atoms with van der Waals surface area (Å²) in [5.74, 6) is -1.64. The number of fused-ring (bicyclic) bond motifs is 1. The van der Waals surface area contributed by atoms with Crippen LogP contribution in [0, 0.1) is 24.4 Å². The van der Waals surface area contributed by atoms with Gasteiger partial charge in [0.05, 0.1) is 12.2 Å². The van der Waals surface area contributed by atoms with Crippen LogP contribution in [0.25, 0.3) is 0 Å². The van der Waals surface area contributed by atoms with Crippen LogP contribution in [-0.2, 0) is 13.1 Å². The van der Waals surface area contributed by atoms with Gasteiger partial charge in [-0.15, -0.1) is 0 Å². The molecule has 25 heavy (non-hydrogen) atoms. The topological polar surface area (TPSA) is 55.3 Å². The molecule has 1 fully saturated rings. The van der Waals surface area contributed by atoms with Gasteiger partial charge in [-0.2, -0.15) is 0 Å². The molecule has 0 saturated heterocycles. The van der Waals surface area contributed by atoms with Crippen molar-refractivity contribution in [1.82, 2.24) is 9.88 Å². The Hall–Kier alpha value is -1.86. The number of aromatic nitrogens is 1. The van der Waals surface area contributed by atoms with Crippen molar-refractivity contribution in [3.63, 3.8) is 0 Å². The highest BCUT2D eigenvalue weighted by Gasteiger charge is 2.37. The van der Waals surface area contributed by atoms with Crippen LogP contribution in [0.3, 0.4) is 0 Å². The van der Waals surface area contributed by atoms with Crippen molar-refractivity contribution in [3.05, 3.63) is 52.5 Å². The highest BCUT2D eigenvalue weighted by atomic mass is 19.2. The molecule has 1 unspecified atom stereocenters. The number of benzene rings is 1. The fraction of sp³-hybridized carbons (Fsp3) is 0.500. The van der Waals surface area contributed by atoms with E-state index in [2.05, 4.69) is 9.88 Å². The zero-order valence-corrected chi connectivity index (χ0v) is 13.9. The molecular formula is C18H20F3N3O. The molecule has 1 saturated carbocycles. The number of hydrogen-bond acceptors (Lipinski definition) is 4. The van der Waals surface area contributed by atoms with Crippen molar-refractivity contribution in [3.8, 4) is 0 Å². The van der Waals surface area contributed by atoms with E-state index in [4.69, 9.17) is 10.2 Å². The minimum Gasteiger partial charge on any atom is -0.444 e. The normalized spacial score (nSPS) is 26.8. The smallest absolute Gasteiger partial charge is 0.191 e. The summed E-state index contributed by atoms with van der Waals surface area (Å²) in [5.41, 5.74) is 7.43. The summed E-state index contributed by atoms with van der Waals surface area (Å²) in [5, 5.41) is 0. The van der Waals surface area contributed by atoms with Crippen molar-refractivity contribution in [2.24, 2.45) is 5.73 Å². The van der Waals surface area contributed by atoms with E-state index in [1.165, 1.54) is 0 Å². The second-order valence-electron chi connectivity index (χ2n) is 7.03. The number of oxazole rings is 1. The van der Waals surface area contributed by atoms with E-state index in [-0.39, 0.29) is 23.6 Å². The van der Waals surface area contributed by atoms with Gasteiger partial charge in [0.1, 0.15) is 11.6 Å². The fourth-order valence-electron chi connectivity index (χ4n) is 4.17. The van der Waals surface area contributed by atoms with Gasteiger partial charge in [-0.3, -0.25) is 4.90 Å². The summed E-state index contributed by atoms with van der Waals surface area (Å²) < 4.78 is 46.3. The SMILES string of the molecule is Cc1nc2c(o1)CN([C@H]1CCC(c3cc(F)c(F)cc3F)[C@@H](N)C1)C2. The predicted octanol–water partition coefficient (Wildman–Crippen LogP) is 3.38. The summed E-state index contributed by atoms with van der Waals surface area (Å²) in [6.07, 6.45) is 2.13. The Morgan fingerprint density at radius 2 is 1.88 bits per heavy atom. The largest absolute Gasteiger partial charge is 0.444 e. The highest BCUT2D eigenvalue weighted by Crippen LogP contribution is 2.38. The van der Waals surface area contributed by atoms with Crippen molar-refractivity contribution in [2.45, 2.75) is 57.3 Å². The first-order valence-corrected chi connectivity index (χ1v) is 8.51. The molecule has 2 N–H and O–H groups in total. The van der Waals surface area contributed by atoms with E-state index in [1.807, 2.05) is 6.92 Å². The molecule has 0 bridgehead atoms. The third kappa shape index (κ3) is 2.95. The Morgan fingerprint density at radius 3 is 2.60 bits per heavy atom. The highest BCUT2D eigenvalue weighted by molar-refractivity contribution is 5.26. The molecule has 2 aromatic rings. The second kappa shape index (κ2) is 6.14. The molecule has 0 radical (unpaired) electrons. The van der Waals surface area contributed by atoms with Gasteiger partial charge in [-0.25, -0.2) is 18.2 Å². The van der Waals surface area contributed by atoms with Crippen molar-refractivity contribution in [2.75, 3.05) is 0 Å². The van der Waals surface area contributed by atoms with Gasteiger partial charge in [0, 0.05) is 37.5 Å². The Labute approximate surface area is 143 Å². The molecule has 3 atom stereocenters. The standard InChI is InChI=1S/C18H20F3N3O/c1-9-23-17-7-24(8-18(17)25-9)10-2-3-11(16(22)4-10)12-5-14(20)15(21)6-13(12)19/h5-6,10-11,16H,2-4,7-8,22H2,1H3/t10-,11?,16-/m0/s1. The molecule has 1 aromatic carbocycles. The zero-order valence-electron chi connectivity index (χ0n) is 13.9. The third-order valence-corrected chi connectivity index (χ3v) is 5.41. The summed E-state index contributed by atoms with van der Waals surface area (Å²) in [6, 6.07) is 1.51. The lowest BCUT2D eigenvalue weighted by Crippen LogP contribution is -2.44. The third-order valence-electron chi connectivity index (χ3n) is 5.41. The zero-order chi connectivity index (χ0) is 17.7. The molecule has 1 aromatic heterocycles. The van der Waals surface area contributed by atoms with E-state index >= 15 is 0 Å². The molecule has 1 aliphatic heterocycles. The van der Waals surface area contributed by atoms with E-state index in [0.29, 0.717) is 31.3 Å². The van der Waals surface area contributed by atoms with Crippen molar-refractivity contribution in [1.29, 1.82) is 0 Å². The second-order valence-corrected chi connectivity index (χ2v) is 7.03. The van der Waals surface area contributed by atoms with Crippen LogP contribution in [-0.4, -0.2) is 22.0 Å². The molecule has 2 aliphatic rings. The first-order chi connectivity index (χ1) is 11.9. The Kier molecular flexibility index (Phi) is 4.08. The first-order valence-electron chi connectivity index (χ1n) is 8.51. The Balaban J connectivity index is 1.46. The van der Waals surface area contributed by atoms with Gasteiger partial charge in [0.15, 0.2) is 17.5 Å². The average molecular weight is 351 g/mol. The maximum atomic E-state index is 14.1. The molecule has 4 rings (SSSR count). The molecular weight excluding hydrogens is 331 g/mol. The van der Waals surface area contributed by atoms with Crippen LogP contribution >= 0.6 is 0 Å². The first kappa shape index (κ1) is 16.6. The van der Waals surface area contributed by atoms with Gasteiger partial charge in [0.2, 0.25) is 0 Å². The summed E-state index contributed by atoms with van der Waals surface area (Å²) in [4.78, 5) is 6.66. The van der Waals surface area contributed by atoms with Crippen LogP contribution in [0.1, 0.15) is 48.1 Å². The van der Waals surface area contributed by atoms with Crippen LogP contribution < -0.4 is 5.73 Å². The van der Waals surface area contributed by atoms with E-state index in [0.717, 1.165) is 30.5 Å². The van der Waals surface area contributed by atoms with E-state index in [1.54, 1.807) is 0 Å². The van der Waals surface area contributed by atoms with Crippen LogP contribution in [0.15, 0.2) is 16.5 Å². The monoisotopic (exact) mass is 351 g/mol. The Bertz CT molecular complexity index is 784. The van der Waals surface area contributed by atoms with Gasteiger partial charge >= 0.3 is 0 Å². The lowest BCUT2D eigenvalue weighted by Gasteiger charge is -2.38. The van der Waals surface area contributed by atoms with E-state index < -0.39 is 17.5 Å². The van der Waals surface area contributed by atoms with Crippen molar-refractivity contribution < 1.29 is 17.6 Å². The minimum absolute atomic E-state index is 0.176. The lowest BCUT2D eigenvalue weighted by molar-refractivity contribution is 0.130. The number of hydrogen-bond donors (Lipinski definition) is 1. The summed E-state index contributed by atoms with van der Waals surface area (Å²) in [6.45, 7) is 3.27. The van der Waals surface area contributed by atoms with Crippen molar-refractivity contribution >= 4 is 0 Å². The van der Waals surface area contributed by atoms with Crippen LogP contribution in [0.4, 0.5) is 13.2 Å². The maximum absolute atomic E-state index is 14.1. The summed E-state index contributed by atoms with van der Waals surface area (Å²) >= 11 is 0. The van der Waals surface area contributed by atoms with Gasteiger partial charge in [0.25, 0.3) is 0 Å². The molecule has 134 valence electrons. The molecule has 7 heteroatoms. The average Bonchev–Trinajstić information content (AvgIpc) is 3.08. The van der Waals surface area contributed by atoms with Gasteiger partial charge < -0.3 is 10.2 Å². The molecule has 2 heterocycles. The Morgan fingerprint density at radius 1 is 1.12 bits per heavy atom. The molecule has 0 spiro atoms. The molecule has 0 amide bonds. The van der Waals surface area contributed by atoms with E-state index in [9.17, 15) is 13.2 Å². The quantitative estimate of drug-likeness (QED) is 0.843. The lowest BCUT2D eigenvalue weighted by atomic mass is 9.77. The number of aryl methyl sites for hydroxylation is 1. The van der Waals surface area contributed by atoms with Gasteiger partial charge in [-0.05, 0) is 30.9 Å². The predicted molar refractivity (Wildman–Crippen MR) is 85.2 cm³/mol. The number of nitrogens with two attached hydrogens (primary N) is 1. The van der Waals surface area contributed by atoms with Gasteiger partial charge in [-0.1, -0.05) is 0 Å². The number of rotatable bonds is 2. The summed E-state index contributed by atoms with van der Waals surface area (Å²) in [7, 11) is 0. The number of halogens is 3. The fourth-order valence-corrected chi connectivity index (χ4v) is 4.17.